The monoisotopic (exact) mass is 337 g/mol. The Balaban J connectivity index is 0.00000192. The number of hydrogen-bond donors (Lipinski definition) is 1. The molecule has 0 saturated carbocycles. The molecular weight excluding hydrogens is 317 g/mol. The van der Waals surface area contributed by atoms with Gasteiger partial charge in [-0.25, -0.2) is 4.39 Å². The van der Waals surface area contributed by atoms with Crippen LogP contribution in [0.4, 0.5) is 4.39 Å². The van der Waals surface area contributed by atoms with E-state index in [4.69, 9.17) is 9.47 Å². The largest absolute Gasteiger partial charge is 0.490 e. The molecule has 0 bridgehead atoms. The number of halogens is 2. The molecule has 1 saturated heterocycles. The molecule has 23 heavy (non-hydrogen) atoms. The maximum Gasteiger partial charge on any atom is 0.123 e. The smallest absolute Gasteiger partial charge is 0.123 e. The first-order valence-corrected chi connectivity index (χ1v) is 7.64. The molecule has 3 rings (SSSR count). The van der Waals surface area contributed by atoms with E-state index in [9.17, 15) is 4.39 Å². The highest BCUT2D eigenvalue weighted by molar-refractivity contribution is 5.85. The molecular formula is C18H21ClFNO2. The quantitative estimate of drug-likeness (QED) is 0.896. The van der Waals surface area contributed by atoms with Gasteiger partial charge >= 0.3 is 0 Å². The summed E-state index contributed by atoms with van der Waals surface area (Å²) in [6.45, 7) is 2.38. The van der Waals surface area contributed by atoms with Crippen LogP contribution in [0.3, 0.4) is 0 Å². The van der Waals surface area contributed by atoms with E-state index in [1.54, 1.807) is 6.07 Å². The molecule has 1 fully saturated rings. The van der Waals surface area contributed by atoms with Crippen molar-refractivity contribution in [1.82, 2.24) is 5.32 Å². The Morgan fingerprint density at radius 2 is 1.70 bits per heavy atom. The lowest BCUT2D eigenvalue weighted by Crippen LogP contribution is -2.34. The molecule has 1 aliphatic rings. The minimum atomic E-state index is -0.244. The molecule has 0 aliphatic carbocycles. The molecule has 5 heteroatoms. The Morgan fingerprint density at radius 1 is 1.00 bits per heavy atom. The number of benzene rings is 2. The summed E-state index contributed by atoms with van der Waals surface area (Å²) in [5.41, 5.74) is 0.815. The van der Waals surface area contributed by atoms with E-state index in [1.165, 1.54) is 12.1 Å². The Kier molecular flexibility index (Phi) is 6.68. The molecule has 3 nitrogen and oxygen atoms in total. The molecule has 0 radical (unpaired) electrons. The minimum Gasteiger partial charge on any atom is -0.490 e. The Morgan fingerprint density at radius 3 is 2.39 bits per heavy atom. The molecule has 0 spiro atoms. The predicted molar refractivity (Wildman–Crippen MR) is 90.9 cm³/mol. The topological polar surface area (TPSA) is 30.5 Å². The summed E-state index contributed by atoms with van der Waals surface area (Å²) in [7, 11) is 0. The van der Waals surface area contributed by atoms with Crippen molar-refractivity contribution in [2.75, 3.05) is 13.1 Å². The maximum absolute atomic E-state index is 13.1. The lowest BCUT2D eigenvalue weighted by Gasteiger charge is -2.23. The van der Waals surface area contributed by atoms with E-state index in [2.05, 4.69) is 5.32 Å². The number of piperidine rings is 1. The summed E-state index contributed by atoms with van der Waals surface area (Å²) in [5.74, 6) is 1.37. The number of rotatable bonds is 5. The maximum atomic E-state index is 13.1. The van der Waals surface area contributed by atoms with E-state index in [0.29, 0.717) is 12.7 Å². The lowest BCUT2D eigenvalue weighted by molar-refractivity contribution is 0.162. The zero-order chi connectivity index (χ0) is 15.2. The molecule has 0 unspecified atom stereocenters. The second-order valence-electron chi connectivity index (χ2n) is 5.46. The van der Waals surface area contributed by atoms with Gasteiger partial charge in [-0.1, -0.05) is 12.1 Å². The second kappa shape index (κ2) is 8.75. The molecule has 1 aliphatic heterocycles. The van der Waals surface area contributed by atoms with Gasteiger partial charge in [0, 0.05) is 0 Å². The van der Waals surface area contributed by atoms with Crippen molar-refractivity contribution < 1.29 is 13.9 Å². The van der Waals surface area contributed by atoms with Gasteiger partial charge in [0.2, 0.25) is 0 Å². The third kappa shape index (κ3) is 5.41. The lowest BCUT2D eigenvalue weighted by atomic mass is 10.1. The first-order chi connectivity index (χ1) is 10.8. The highest BCUT2D eigenvalue weighted by Crippen LogP contribution is 2.21. The highest BCUT2D eigenvalue weighted by atomic mass is 35.5. The van der Waals surface area contributed by atoms with Gasteiger partial charge in [-0.2, -0.15) is 0 Å². The number of hydrogen-bond acceptors (Lipinski definition) is 3. The zero-order valence-corrected chi connectivity index (χ0v) is 13.7. The van der Waals surface area contributed by atoms with Crippen molar-refractivity contribution in [3.8, 4) is 11.5 Å². The van der Waals surface area contributed by atoms with Crippen LogP contribution in [0.5, 0.6) is 11.5 Å². The van der Waals surface area contributed by atoms with Gasteiger partial charge in [0.15, 0.2) is 0 Å². The molecule has 2 aromatic rings. The summed E-state index contributed by atoms with van der Waals surface area (Å²) in [4.78, 5) is 0. The van der Waals surface area contributed by atoms with Crippen LogP contribution in [0.15, 0.2) is 48.5 Å². The van der Waals surface area contributed by atoms with Crippen LogP contribution in [0, 0.1) is 5.82 Å². The normalized spacial score (nSPS) is 14.8. The van der Waals surface area contributed by atoms with Crippen molar-refractivity contribution in [3.05, 3.63) is 59.9 Å². The average Bonchev–Trinajstić information content (AvgIpc) is 2.55. The van der Waals surface area contributed by atoms with E-state index in [1.807, 2.05) is 30.3 Å². The van der Waals surface area contributed by atoms with Gasteiger partial charge in [0.1, 0.15) is 30.0 Å². The standard InChI is InChI=1S/C18H20FNO2.ClH/c19-15-3-1-2-14(12-15)13-21-16-4-6-17(7-5-16)22-18-8-10-20-11-9-18;/h1-7,12,18,20H,8-11,13H2;1H. The first kappa shape index (κ1) is 17.6. The fourth-order valence-electron chi connectivity index (χ4n) is 2.51. The zero-order valence-electron chi connectivity index (χ0n) is 12.8. The third-order valence-corrected chi connectivity index (χ3v) is 3.71. The van der Waals surface area contributed by atoms with Crippen molar-refractivity contribution >= 4 is 12.4 Å². The van der Waals surface area contributed by atoms with Crippen LogP contribution >= 0.6 is 12.4 Å². The SMILES string of the molecule is Cl.Fc1cccc(COc2ccc(OC3CCNCC3)cc2)c1. The average molecular weight is 338 g/mol. The van der Waals surface area contributed by atoms with Crippen molar-refractivity contribution in [1.29, 1.82) is 0 Å². The van der Waals surface area contributed by atoms with Gasteiger partial charge in [-0.15, -0.1) is 12.4 Å². The van der Waals surface area contributed by atoms with Crippen LogP contribution in [0.2, 0.25) is 0 Å². The predicted octanol–water partition coefficient (Wildman–Crippen LogP) is 3.96. The van der Waals surface area contributed by atoms with Crippen molar-refractivity contribution in [2.45, 2.75) is 25.6 Å². The summed E-state index contributed by atoms with van der Waals surface area (Å²) in [6.07, 6.45) is 2.37. The first-order valence-electron chi connectivity index (χ1n) is 7.64. The Labute approximate surface area is 142 Å². The summed E-state index contributed by atoms with van der Waals surface area (Å²) in [6, 6.07) is 14.0. The van der Waals surface area contributed by atoms with E-state index >= 15 is 0 Å². The molecule has 1 heterocycles. The van der Waals surface area contributed by atoms with Crippen molar-refractivity contribution in [2.24, 2.45) is 0 Å². The van der Waals surface area contributed by atoms with Crippen LogP contribution in [-0.2, 0) is 6.61 Å². The van der Waals surface area contributed by atoms with E-state index < -0.39 is 0 Å². The van der Waals surface area contributed by atoms with Gasteiger partial charge in [-0.05, 0) is 67.9 Å². The van der Waals surface area contributed by atoms with Crippen LogP contribution in [-0.4, -0.2) is 19.2 Å². The van der Waals surface area contributed by atoms with E-state index in [0.717, 1.165) is 43.0 Å². The number of ether oxygens (including phenoxy) is 2. The summed E-state index contributed by atoms with van der Waals surface area (Å²) >= 11 is 0. The Hall–Kier alpha value is -1.78. The van der Waals surface area contributed by atoms with Gasteiger partial charge in [0.05, 0.1) is 0 Å². The molecule has 0 atom stereocenters. The number of nitrogens with one attached hydrogen (secondary N) is 1. The minimum absolute atomic E-state index is 0. The molecule has 0 aromatic heterocycles. The third-order valence-electron chi connectivity index (χ3n) is 3.71. The van der Waals surface area contributed by atoms with Gasteiger partial charge in [0.25, 0.3) is 0 Å². The molecule has 1 N–H and O–H groups in total. The van der Waals surface area contributed by atoms with Gasteiger partial charge < -0.3 is 14.8 Å². The highest BCUT2D eigenvalue weighted by Gasteiger charge is 2.14. The Bertz CT molecular complexity index is 600. The molecule has 2 aromatic carbocycles. The second-order valence-corrected chi connectivity index (χ2v) is 5.46. The van der Waals surface area contributed by atoms with E-state index in [-0.39, 0.29) is 18.2 Å². The molecule has 0 amide bonds. The fraction of sp³-hybridized carbons (Fsp3) is 0.333. The summed E-state index contributed by atoms with van der Waals surface area (Å²) < 4.78 is 24.7. The fourth-order valence-corrected chi connectivity index (χ4v) is 2.51. The van der Waals surface area contributed by atoms with Crippen LogP contribution in [0.25, 0.3) is 0 Å². The van der Waals surface area contributed by atoms with Crippen LogP contribution < -0.4 is 14.8 Å². The van der Waals surface area contributed by atoms with Gasteiger partial charge in [-0.3, -0.25) is 0 Å². The summed E-state index contributed by atoms with van der Waals surface area (Å²) in [5, 5.41) is 3.32. The molecule has 124 valence electrons. The van der Waals surface area contributed by atoms with Crippen molar-refractivity contribution in [3.63, 3.8) is 0 Å². The van der Waals surface area contributed by atoms with Crippen LogP contribution in [0.1, 0.15) is 18.4 Å².